The first-order chi connectivity index (χ1) is 12.5. The predicted octanol–water partition coefficient (Wildman–Crippen LogP) is 0.101. The van der Waals surface area contributed by atoms with Gasteiger partial charge in [0.2, 0.25) is 5.95 Å². The third-order valence-corrected chi connectivity index (χ3v) is 5.35. The zero-order valence-electron chi connectivity index (χ0n) is 15.0. The van der Waals surface area contributed by atoms with Crippen LogP contribution in [0.4, 0.5) is 5.95 Å². The van der Waals surface area contributed by atoms with Crippen LogP contribution in [0, 0.1) is 13.8 Å². The molecule has 142 valence electrons. The van der Waals surface area contributed by atoms with Crippen molar-refractivity contribution in [3.8, 4) is 0 Å². The van der Waals surface area contributed by atoms with Gasteiger partial charge in [-0.25, -0.2) is 4.98 Å². The molecule has 3 N–H and O–H groups in total. The summed E-state index contributed by atoms with van der Waals surface area (Å²) in [4.78, 5) is 6.89. The Morgan fingerprint density at radius 2 is 1.81 bits per heavy atom. The van der Waals surface area contributed by atoms with E-state index in [-0.39, 0.29) is 6.61 Å². The van der Waals surface area contributed by atoms with E-state index in [0.29, 0.717) is 32.3 Å². The number of nitrogens with zero attached hydrogens (tertiary/aromatic N) is 3. The summed E-state index contributed by atoms with van der Waals surface area (Å²) in [5.41, 5.74) is 3.90. The summed E-state index contributed by atoms with van der Waals surface area (Å²) in [6, 6.07) is 4.04. The minimum atomic E-state index is -1.15. The number of anilines is 1. The molecular formula is C18H25N3O5. The van der Waals surface area contributed by atoms with Gasteiger partial charge in [0.25, 0.3) is 0 Å². The van der Waals surface area contributed by atoms with E-state index in [4.69, 9.17) is 14.5 Å². The quantitative estimate of drug-likeness (QED) is 0.711. The molecule has 0 spiro atoms. The van der Waals surface area contributed by atoms with E-state index in [1.807, 2.05) is 30.5 Å². The normalized spacial score (nSPS) is 29.7. The standard InChI is InChI=1S/C18H25N3O5/c1-10-7-12-13(8-11(10)2)21(17-16(24)15(23)14(9-22)26-17)18(19-12)20-3-5-25-6-4-20/h7-8,14-17,22-24H,3-6,9H2,1-2H3/t14-,15+,16+,17-/m0/s1. The third-order valence-electron chi connectivity index (χ3n) is 5.35. The summed E-state index contributed by atoms with van der Waals surface area (Å²) in [6.45, 7) is 6.31. The van der Waals surface area contributed by atoms with Crippen LogP contribution in [0.25, 0.3) is 11.0 Å². The topological polar surface area (TPSA) is 100 Å². The molecule has 1 aromatic carbocycles. The fourth-order valence-electron chi connectivity index (χ4n) is 3.67. The zero-order valence-corrected chi connectivity index (χ0v) is 15.0. The molecule has 1 aromatic heterocycles. The number of morpholine rings is 1. The lowest BCUT2D eigenvalue weighted by atomic mass is 10.1. The highest BCUT2D eigenvalue weighted by Gasteiger charge is 2.45. The number of aliphatic hydroxyl groups excluding tert-OH is 3. The second kappa shape index (κ2) is 6.79. The molecule has 8 heteroatoms. The number of aromatic nitrogens is 2. The minimum Gasteiger partial charge on any atom is -0.394 e. The van der Waals surface area contributed by atoms with Crippen LogP contribution in [0.1, 0.15) is 17.4 Å². The lowest BCUT2D eigenvalue weighted by molar-refractivity contribution is -0.0504. The fourth-order valence-corrected chi connectivity index (χ4v) is 3.67. The largest absolute Gasteiger partial charge is 0.394 e. The number of imidazole rings is 1. The Balaban J connectivity index is 1.86. The molecule has 3 heterocycles. The van der Waals surface area contributed by atoms with Crippen molar-refractivity contribution in [1.82, 2.24) is 9.55 Å². The zero-order chi connectivity index (χ0) is 18.4. The van der Waals surface area contributed by atoms with Gasteiger partial charge in [-0.3, -0.25) is 4.57 Å². The molecule has 0 aliphatic carbocycles. The van der Waals surface area contributed by atoms with Crippen molar-refractivity contribution in [2.24, 2.45) is 0 Å². The summed E-state index contributed by atoms with van der Waals surface area (Å²) in [5.74, 6) is 0.683. The maximum absolute atomic E-state index is 10.6. The number of ether oxygens (including phenoxy) is 2. The maximum atomic E-state index is 10.6. The monoisotopic (exact) mass is 363 g/mol. The number of aryl methyl sites for hydroxylation is 2. The highest BCUT2D eigenvalue weighted by molar-refractivity contribution is 5.81. The fraction of sp³-hybridized carbons (Fsp3) is 0.611. The van der Waals surface area contributed by atoms with Crippen molar-refractivity contribution in [1.29, 1.82) is 0 Å². The van der Waals surface area contributed by atoms with Crippen LogP contribution in [0.2, 0.25) is 0 Å². The van der Waals surface area contributed by atoms with E-state index in [9.17, 15) is 15.3 Å². The van der Waals surface area contributed by atoms with Crippen LogP contribution in [0.5, 0.6) is 0 Å². The lowest BCUT2D eigenvalue weighted by Crippen LogP contribution is -2.39. The van der Waals surface area contributed by atoms with Gasteiger partial charge < -0.3 is 29.7 Å². The van der Waals surface area contributed by atoms with E-state index in [2.05, 4.69) is 4.90 Å². The van der Waals surface area contributed by atoms with Crippen molar-refractivity contribution in [3.05, 3.63) is 23.3 Å². The Bertz CT molecular complexity index is 802. The predicted molar refractivity (Wildman–Crippen MR) is 95.2 cm³/mol. The molecule has 4 atom stereocenters. The van der Waals surface area contributed by atoms with Crippen LogP contribution < -0.4 is 4.90 Å². The molecule has 26 heavy (non-hydrogen) atoms. The van der Waals surface area contributed by atoms with Gasteiger partial charge in [0.05, 0.1) is 30.9 Å². The first-order valence-electron chi connectivity index (χ1n) is 8.95. The highest BCUT2D eigenvalue weighted by atomic mass is 16.6. The van der Waals surface area contributed by atoms with Crippen molar-refractivity contribution >= 4 is 17.0 Å². The van der Waals surface area contributed by atoms with Gasteiger partial charge in [0, 0.05) is 13.1 Å². The van der Waals surface area contributed by atoms with Gasteiger partial charge in [-0.1, -0.05) is 0 Å². The molecule has 2 aliphatic heterocycles. The van der Waals surface area contributed by atoms with E-state index < -0.39 is 24.5 Å². The Hall–Kier alpha value is -1.71. The number of fused-ring (bicyclic) bond motifs is 1. The molecule has 0 bridgehead atoms. The number of hydrogen-bond acceptors (Lipinski definition) is 7. The molecule has 2 fully saturated rings. The summed E-state index contributed by atoms with van der Waals surface area (Å²) < 4.78 is 13.1. The molecule has 2 aromatic rings. The van der Waals surface area contributed by atoms with Crippen molar-refractivity contribution in [2.45, 2.75) is 38.4 Å². The summed E-state index contributed by atoms with van der Waals surface area (Å²) in [5, 5.41) is 30.2. The Morgan fingerprint density at radius 1 is 1.12 bits per heavy atom. The molecular weight excluding hydrogens is 338 g/mol. The van der Waals surface area contributed by atoms with Crippen LogP contribution in [0.3, 0.4) is 0 Å². The molecule has 2 aliphatic rings. The van der Waals surface area contributed by atoms with Gasteiger partial charge in [0.1, 0.15) is 18.3 Å². The summed E-state index contributed by atoms with van der Waals surface area (Å²) in [6.07, 6.45) is -3.93. The lowest BCUT2D eigenvalue weighted by Gasteiger charge is -2.30. The van der Waals surface area contributed by atoms with E-state index >= 15 is 0 Å². The molecule has 8 nitrogen and oxygen atoms in total. The van der Waals surface area contributed by atoms with E-state index in [1.165, 1.54) is 0 Å². The SMILES string of the molecule is Cc1cc2nc(N3CCOCC3)n([C@H]3O[C@@H](CO)[C@@H](O)[C@H]3O)c2cc1C. The first-order valence-corrected chi connectivity index (χ1v) is 8.95. The Morgan fingerprint density at radius 3 is 2.46 bits per heavy atom. The number of aliphatic hydroxyl groups is 3. The third kappa shape index (κ3) is 2.78. The smallest absolute Gasteiger partial charge is 0.208 e. The average molecular weight is 363 g/mol. The molecule has 4 rings (SSSR count). The molecule has 0 unspecified atom stereocenters. The van der Waals surface area contributed by atoms with Crippen LogP contribution in [-0.2, 0) is 9.47 Å². The second-order valence-electron chi connectivity index (χ2n) is 7.04. The average Bonchev–Trinajstić information content (AvgIpc) is 3.14. The number of hydrogen-bond donors (Lipinski definition) is 3. The Kier molecular flexibility index (Phi) is 4.62. The van der Waals surface area contributed by atoms with Crippen molar-refractivity contribution in [3.63, 3.8) is 0 Å². The maximum Gasteiger partial charge on any atom is 0.208 e. The van der Waals surface area contributed by atoms with Gasteiger partial charge in [-0.05, 0) is 37.1 Å². The summed E-state index contributed by atoms with van der Waals surface area (Å²) >= 11 is 0. The molecule has 0 radical (unpaired) electrons. The Labute approximate surface area is 151 Å². The van der Waals surface area contributed by atoms with Crippen LogP contribution in [-0.4, -0.2) is 76.1 Å². The highest BCUT2D eigenvalue weighted by Crippen LogP contribution is 2.37. The molecule has 2 saturated heterocycles. The van der Waals surface area contributed by atoms with Gasteiger partial charge in [-0.15, -0.1) is 0 Å². The number of rotatable bonds is 3. The van der Waals surface area contributed by atoms with E-state index in [1.54, 1.807) is 0 Å². The molecule has 0 saturated carbocycles. The number of benzene rings is 1. The van der Waals surface area contributed by atoms with Gasteiger partial charge in [0.15, 0.2) is 6.23 Å². The van der Waals surface area contributed by atoms with Crippen LogP contribution in [0.15, 0.2) is 12.1 Å². The first kappa shape index (κ1) is 17.7. The molecule has 0 amide bonds. The minimum absolute atomic E-state index is 0.355. The van der Waals surface area contributed by atoms with E-state index in [0.717, 1.165) is 22.2 Å². The second-order valence-corrected chi connectivity index (χ2v) is 7.04. The van der Waals surface area contributed by atoms with Crippen molar-refractivity contribution in [2.75, 3.05) is 37.8 Å². The van der Waals surface area contributed by atoms with Crippen LogP contribution >= 0.6 is 0 Å². The summed E-state index contributed by atoms with van der Waals surface area (Å²) in [7, 11) is 0. The van der Waals surface area contributed by atoms with Gasteiger partial charge >= 0.3 is 0 Å². The van der Waals surface area contributed by atoms with Crippen molar-refractivity contribution < 1.29 is 24.8 Å². The van der Waals surface area contributed by atoms with Gasteiger partial charge in [-0.2, -0.15) is 0 Å².